The first-order valence-corrected chi connectivity index (χ1v) is 7.16. The van der Waals surface area contributed by atoms with Gasteiger partial charge in [0.2, 0.25) is 5.91 Å². The lowest BCUT2D eigenvalue weighted by Crippen LogP contribution is -2.22. The van der Waals surface area contributed by atoms with Crippen molar-refractivity contribution < 1.29 is 4.79 Å². The third-order valence-corrected chi connectivity index (χ3v) is 3.82. The highest BCUT2D eigenvalue weighted by atomic mass is 16.1. The molecule has 1 amide bonds. The second-order valence-corrected chi connectivity index (χ2v) is 5.58. The molecule has 2 aromatic rings. The van der Waals surface area contributed by atoms with E-state index in [2.05, 4.69) is 17.4 Å². The predicted octanol–water partition coefficient (Wildman–Crippen LogP) is 4.13. The number of hydrogen-bond donors (Lipinski definition) is 1. The van der Waals surface area contributed by atoms with Crippen LogP contribution in [0.1, 0.15) is 29.9 Å². The number of carbonyl (C=O) groups excluding carboxylic acids is 1. The highest BCUT2D eigenvalue weighted by Crippen LogP contribution is 2.43. The molecule has 0 aliphatic heterocycles. The summed E-state index contributed by atoms with van der Waals surface area (Å²) in [5.74, 6) is 0.600. The van der Waals surface area contributed by atoms with Crippen molar-refractivity contribution >= 4 is 11.6 Å². The maximum atomic E-state index is 12.6. The lowest BCUT2D eigenvalue weighted by atomic mass is 9.93. The number of aryl methyl sites for hydroxylation is 1. The van der Waals surface area contributed by atoms with E-state index in [0.717, 1.165) is 29.7 Å². The second-order valence-electron chi connectivity index (χ2n) is 5.58. The number of hydrogen-bond acceptors (Lipinski definition) is 1. The molecule has 1 aliphatic rings. The lowest BCUT2D eigenvalue weighted by molar-refractivity contribution is -0.118. The summed E-state index contributed by atoms with van der Waals surface area (Å²) >= 11 is 0. The average molecular weight is 265 g/mol. The molecule has 0 aromatic heterocycles. The van der Waals surface area contributed by atoms with Crippen molar-refractivity contribution in [1.82, 2.24) is 0 Å². The van der Waals surface area contributed by atoms with Gasteiger partial charge in [0.05, 0.1) is 5.92 Å². The Balaban J connectivity index is 1.80. The van der Waals surface area contributed by atoms with Gasteiger partial charge in [0, 0.05) is 5.69 Å². The van der Waals surface area contributed by atoms with Crippen LogP contribution in [-0.2, 0) is 4.79 Å². The molecule has 1 saturated carbocycles. The van der Waals surface area contributed by atoms with E-state index in [9.17, 15) is 4.79 Å². The first-order valence-electron chi connectivity index (χ1n) is 7.16. The van der Waals surface area contributed by atoms with Crippen LogP contribution < -0.4 is 5.32 Å². The molecule has 1 aliphatic carbocycles. The van der Waals surface area contributed by atoms with E-state index in [0.29, 0.717) is 5.92 Å². The number of nitrogens with one attached hydrogen (secondary N) is 1. The molecular formula is C18H19NO. The van der Waals surface area contributed by atoms with Crippen molar-refractivity contribution in [1.29, 1.82) is 0 Å². The molecule has 2 aromatic carbocycles. The Hall–Kier alpha value is -2.09. The van der Waals surface area contributed by atoms with E-state index < -0.39 is 0 Å². The van der Waals surface area contributed by atoms with Crippen LogP contribution in [0.4, 0.5) is 5.69 Å². The van der Waals surface area contributed by atoms with Gasteiger partial charge in [-0.3, -0.25) is 4.79 Å². The Morgan fingerprint density at radius 2 is 1.85 bits per heavy atom. The minimum atomic E-state index is -0.0169. The maximum absolute atomic E-state index is 12.6. The lowest BCUT2D eigenvalue weighted by Gasteiger charge is -2.17. The third kappa shape index (κ3) is 2.90. The average Bonchev–Trinajstić information content (AvgIpc) is 3.25. The predicted molar refractivity (Wildman–Crippen MR) is 81.7 cm³/mol. The SMILES string of the molecule is Cc1cccc(NC(=O)C(c2ccccc2)C2CC2)c1. The van der Waals surface area contributed by atoms with Crippen LogP contribution in [0.3, 0.4) is 0 Å². The summed E-state index contributed by atoms with van der Waals surface area (Å²) in [4.78, 5) is 12.6. The molecule has 1 atom stereocenters. The van der Waals surface area contributed by atoms with E-state index in [4.69, 9.17) is 0 Å². The Labute approximate surface area is 119 Å². The normalized spacial score (nSPS) is 15.7. The van der Waals surface area contributed by atoms with Crippen molar-refractivity contribution in [3.63, 3.8) is 0 Å². The van der Waals surface area contributed by atoms with E-state index in [-0.39, 0.29) is 11.8 Å². The van der Waals surface area contributed by atoms with Crippen LogP contribution in [0.5, 0.6) is 0 Å². The monoisotopic (exact) mass is 265 g/mol. The number of anilines is 1. The molecule has 0 spiro atoms. The molecule has 102 valence electrons. The van der Waals surface area contributed by atoms with Crippen molar-refractivity contribution in [2.75, 3.05) is 5.32 Å². The quantitative estimate of drug-likeness (QED) is 0.885. The zero-order valence-corrected chi connectivity index (χ0v) is 11.7. The smallest absolute Gasteiger partial charge is 0.232 e. The standard InChI is InChI=1S/C18H19NO/c1-13-6-5-9-16(12-13)19-18(20)17(15-10-11-15)14-7-3-2-4-8-14/h2-9,12,15,17H,10-11H2,1H3,(H,19,20). The minimum Gasteiger partial charge on any atom is -0.326 e. The van der Waals surface area contributed by atoms with Crippen LogP contribution in [0, 0.1) is 12.8 Å². The Bertz CT molecular complexity index is 602. The van der Waals surface area contributed by atoms with Gasteiger partial charge in [-0.05, 0) is 48.9 Å². The van der Waals surface area contributed by atoms with Crippen molar-refractivity contribution in [2.24, 2.45) is 5.92 Å². The van der Waals surface area contributed by atoms with E-state index >= 15 is 0 Å². The number of benzene rings is 2. The van der Waals surface area contributed by atoms with Crippen molar-refractivity contribution in [2.45, 2.75) is 25.7 Å². The molecule has 0 bridgehead atoms. The summed E-state index contributed by atoms with van der Waals surface area (Å²) in [7, 11) is 0. The van der Waals surface area contributed by atoms with Crippen LogP contribution in [0.25, 0.3) is 0 Å². The number of amides is 1. The number of carbonyl (C=O) groups is 1. The molecule has 2 heteroatoms. The van der Waals surface area contributed by atoms with E-state index in [1.165, 1.54) is 0 Å². The Kier molecular flexibility index (Phi) is 3.55. The maximum Gasteiger partial charge on any atom is 0.232 e. The summed E-state index contributed by atoms with van der Waals surface area (Å²) in [6.07, 6.45) is 2.31. The summed E-state index contributed by atoms with van der Waals surface area (Å²) in [5, 5.41) is 3.06. The van der Waals surface area contributed by atoms with E-state index in [1.54, 1.807) is 0 Å². The van der Waals surface area contributed by atoms with Gasteiger partial charge in [-0.15, -0.1) is 0 Å². The molecule has 1 fully saturated rings. The van der Waals surface area contributed by atoms with Gasteiger partial charge in [-0.1, -0.05) is 42.5 Å². The molecule has 20 heavy (non-hydrogen) atoms. The zero-order chi connectivity index (χ0) is 13.9. The molecule has 0 radical (unpaired) electrons. The summed E-state index contributed by atoms with van der Waals surface area (Å²) < 4.78 is 0. The summed E-state index contributed by atoms with van der Waals surface area (Å²) in [6.45, 7) is 2.03. The summed E-state index contributed by atoms with van der Waals surface area (Å²) in [5.41, 5.74) is 3.17. The summed E-state index contributed by atoms with van der Waals surface area (Å²) in [6, 6.07) is 18.1. The highest BCUT2D eigenvalue weighted by Gasteiger charge is 2.37. The highest BCUT2D eigenvalue weighted by molar-refractivity contribution is 5.96. The van der Waals surface area contributed by atoms with Crippen LogP contribution in [0.15, 0.2) is 54.6 Å². The second kappa shape index (κ2) is 5.49. The van der Waals surface area contributed by atoms with Gasteiger partial charge in [-0.25, -0.2) is 0 Å². The largest absolute Gasteiger partial charge is 0.326 e. The fraction of sp³-hybridized carbons (Fsp3) is 0.278. The van der Waals surface area contributed by atoms with Crippen molar-refractivity contribution in [3.05, 3.63) is 65.7 Å². The van der Waals surface area contributed by atoms with Gasteiger partial charge < -0.3 is 5.32 Å². The Morgan fingerprint density at radius 1 is 1.10 bits per heavy atom. The zero-order valence-electron chi connectivity index (χ0n) is 11.7. The first kappa shape index (κ1) is 12.9. The minimum absolute atomic E-state index is 0.0169. The fourth-order valence-electron chi connectivity index (χ4n) is 2.67. The van der Waals surface area contributed by atoms with Gasteiger partial charge >= 0.3 is 0 Å². The van der Waals surface area contributed by atoms with E-state index in [1.807, 2.05) is 49.4 Å². The fourth-order valence-corrected chi connectivity index (χ4v) is 2.67. The first-order chi connectivity index (χ1) is 9.74. The number of rotatable bonds is 4. The van der Waals surface area contributed by atoms with Gasteiger partial charge in [0.25, 0.3) is 0 Å². The van der Waals surface area contributed by atoms with Gasteiger partial charge in [0.15, 0.2) is 0 Å². The molecule has 0 saturated heterocycles. The van der Waals surface area contributed by atoms with Gasteiger partial charge in [-0.2, -0.15) is 0 Å². The molecule has 0 heterocycles. The van der Waals surface area contributed by atoms with Gasteiger partial charge in [0.1, 0.15) is 0 Å². The van der Waals surface area contributed by atoms with Crippen LogP contribution >= 0.6 is 0 Å². The van der Waals surface area contributed by atoms with Crippen LogP contribution in [-0.4, -0.2) is 5.91 Å². The third-order valence-electron chi connectivity index (χ3n) is 3.82. The molecule has 1 unspecified atom stereocenters. The molecule has 1 N–H and O–H groups in total. The molecule has 3 rings (SSSR count). The molecular weight excluding hydrogens is 246 g/mol. The molecule has 2 nitrogen and oxygen atoms in total. The topological polar surface area (TPSA) is 29.1 Å². The Morgan fingerprint density at radius 3 is 2.50 bits per heavy atom. The van der Waals surface area contributed by atoms with Crippen molar-refractivity contribution in [3.8, 4) is 0 Å². The van der Waals surface area contributed by atoms with Crippen LogP contribution in [0.2, 0.25) is 0 Å².